The molecule has 0 radical (unpaired) electrons. The molecule has 1 aromatic heterocycles. The zero-order valence-electron chi connectivity index (χ0n) is 12.2. The molecule has 0 N–H and O–H groups in total. The fraction of sp³-hybridized carbons (Fsp3) is 0.176. The quantitative estimate of drug-likeness (QED) is 0.688. The number of aromatic nitrogens is 2. The van der Waals surface area contributed by atoms with Crippen LogP contribution < -0.4 is 0 Å². The van der Waals surface area contributed by atoms with Crippen LogP contribution >= 0.6 is 15.9 Å². The Morgan fingerprint density at radius 3 is 2.70 bits per heavy atom. The molecular weight excluding hydrogens is 361 g/mol. The molecule has 1 aliphatic heterocycles. The third kappa shape index (κ3) is 2.43. The van der Waals surface area contributed by atoms with Gasteiger partial charge in [0.15, 0.2) is 5.82 Å². The van der Waals surface area contributed by atoms with E-state index in [1.807, 2.05) is 22.8 Å². The Balaban J connectivity index is 1.68. The maximum Gasteiger partial charge on any atom is 0.290 e. The molecule has 0 saturated heterocycles. The summed E-state index contributed by atoms with van der Waals surface area (Å²) in [6, 6.07) is 12.0. The summed E-state index contributed by atoms with van der Waals surface area (Å²) in [5, 5.41) is 0. The highest BCUT2D eigenvalue weighted by Crippen LogP contribution is 2.27. The van der Waals surface area contributed by atoms with Gasteiger partial charge in [0.2, 0.25) is 0 Å². The van der Waals surface area contributed by atoms with Crippen molar-refractivity contribution >= 4 is 32.9 Å². The van der Waals surface area contributed by atoms with Crippen LogP contribution in [0.4, 0.5) is 4.39 Å². The van der Waals surface area contributed by atoms with E-state index in [1.165, 1.54) is 12.1 Å². The molecule has 0 saturated carbocycles. The summed E-state index contributed by atoms with van der Waals surface area (Å²) >= 11 is 3.53. The Morgan fingerprint density at radius 1 is 1.13 bits per heavy atom. The van der Waals surface area contributed by atoms with E-state index in [1.54, 1.807) is 17.0 Å². The molecule has 2 aromatic carbocycles. The molecule has 23 heavy (non-hydrogen) atoms. The Morgan fingerprint density at radius 2 is 1.91 bits per heavy atom. The van der Waals surface area contributed by atoms with Gasteiger partial charge in [0.05, 0.1) is 11.0 Å². The molecule has 0 unspecified atom stereocenters. The summed E-state index contributed by atoms with van der Waals surface area (Å²) in [5.74, 6) is 0.0919. The number of hydrogen-bond acceptors (Lipinski definition) is 2. The van der Waals surface area contributed by atoms with E-state index in [-0.39, 0.29) is 11.7 Å². The van der Waals surface area contributed by atoms with E-state index in [0.717, 1.165) is 21.1 Å². The molecule has 116 valence electrons. The fourth-order valence-electron chi connectivity index (χ4n) is 2.95. The molecular formula is C17H13BrFN3O. The van der Waals surface area contributed by atoms with E-state index in [0.29, 0.717) is 25.5 Å². The topological polar surface area (TPSA) is 38.1 Å². The van der Waals surface area contributed by atoms with E-state index in [2.05, 4.69) is 20.9 Å². The maximum atomic E-state index is 13.0. The lowest BCUT2D eigenvalue weighted by Crippen LogP contribution is -2.39. The van der Waals surface area contributed by atoms with Gasteiger partial charge >= 0.3 is 0 Å². The minimum atomic E-state index is -0.273. The number of carbonyl (C=O) groups is 1. The second kappa shape index (κ2) is 5.45. The lowest BCUT2D eigenvalue weighted by Gasteiger charge is -2.27. The number of fused-ring (bicyclic) bond motifs is 3. The first kappa shape index (κ1) is 14.4. The average Bonchev–Trinajstić information content (AvgIpc) is 2.93. The Labute approximate surface area is 140 Å². The first-order chi connectivity index (χ1) is 11.1. The molecule has 0 spiro atoms. The average molecular weight is 374 g/mol. The highest BCUT2D eigenvalue weighted by atomic mass is 79.9. The summed E-state index contributed by atoms with van der Waals surface area (Å²) in [6.07, 6.45) is 0. The Kier molecular flexibility index (Phi) is 3.41. The lowest BCUT2D eigenvalue weighted by molar-refractivity contribution is 0.0685. The highest BCUT2D eigenvalue weighted by molar-refractivity contribution is 9.10. The molecule has 0 atom stereocenters. The summed E-state index contributed by atoms with van der Waals surface area (Å²) in [4.78, 5) is 19.0. The van der Waals surface area contributed by atoms with Crippen molar-refractivity contribution in [2.45, 2.75) is 13.1 Å². The summed E-state index contributed by atoms with van der Waals surface area (Å²) in [5.41, 5.74) is 2.68. The van der Waals surface area contributed by atoms with Crippen molar-refractivity contribution in [3.05, 3.63) is 64.1 Å². The molecule has 1 amide bonds. The minimum absolute atomic E-state index is 0.0938. The van der Waals surface area contributed by atoms with E-state index < -0.39 is 0 Å². The Hall–Kier alpha value is -2.21. The number of benzene rings is 2. The van der Waals surface area contributed by atoms with E-state index in [4.69, 9.17) is 0 Å². The summed E-state index contributed by atoms with van der Waals surface area (Å²) in [6.45, 7) is 1.76. The van der Waals surface area contributed by atoms with Gasteiger partial charge in [-0.05, 0) is 45.8 Å². The smallest absolute Gasteiger partial charge is 0.290 e. The van der Waals surface area contributed by atoms with Gasteiger partial charge in [0.1, 0.15) is 5.82 Å². The summed E-state index contributed by atoms with van der Waals surface area (Å²) < 4.78 is 15.9. The summed E-state index contributed by atoms with van der Waals surface area (Å²) in [7, 11) is 0. The number of carbonyl (C=O) groups excluding carboxylic acids is 1. The molecule has 1 aliphatic rings. The largest absolute Gasteiger partial charge is 0.330 e. The van der Waals surface area contributed by atoms with Gasteiger partial charge in [-0.2, -0.15) is 0 Å². The van der Waals surface area contributed by atoms with Crippen LogP contribution in [-0.4, -0.2) is 26.9 Å². The van der Waals surface area contributed by atoms with E-state index in [9.17, 15) is 9.18 Å². The SMILES string of the molecule is O=C1c2nc3cccc(Br)c3n2CCN1Cc1ccc(F)cc1. The normalized spacial score (nSPS) is 14.3. The predicted octanol–water partition coefficient (Wildman–Crippen LogP) is 3.59. The van der Waals surface area contributed by atoms with Crippen LogP contribution in [-0.2, 0) is 13.1 Å². The fourth-order valence-corrected chi connectivity index (χ4v) is 3.52. The lowest BCUT2D eigenvalue weighted by atomic mass is 10.2. The van der Waals surface area contributed by atoms with E-state index >= 15 is 0 Å². The van der Waals surface area contributed by atoms with Crippen molar-refractivity contribution in [3.8, 4) is 0 Å². The number of amides is 1. The van der Waals surface area contributed by atoms with Crippen molar-refractivity contribution in [2.75, 3.05) is 6.54 Å². The van der Waals surface area contributed by atoms with Gasteiger partial charge in [-0.15, -0.1) is 0 Å². The zero-order chi connectivity index (χ0) is 16.0. The van der Waals surface area contributed by atoms with Crippen molar-refractivity contribution in [2.24, 2.45) is 0 Å². The van der Waals surface area contributed by atoms with Crippen molar-refractivity contribution in [1.82, 2.24) is 14.5 Å². The second-order valence-corrected chi connectivity index (χ2v) is 6.40. The predicted molar refractivity (Wildman–Crippen MR) is 88.6 cm³/mol. The monoisotopic (exact) mass is 373 g/mol. The van der Waals surface area contributed by atoms with Crippen LogP contribution in [0.5, 0.6) is 0 Å². The van der Waals surface area contributed by atoms with Gasteiger partial charge in [0.25, 0.3) is 5.91 Å². The van der Waals surface area contributed by atoms with Crippen LogP contribution in [0.25, 0.3) is 11.0 Å². The van der Waals surface area contributed by atoms with Crippen molar-refractivity contribution in [3.63, 3.8) is 0 Å². The molecule has 0 aliphatic carbocycles. The number of rotatable bonds is 2. The minimum Gasteiger partial charge on any atom is -0.330 e. The van der Waals surface area contributed by atoms with Crippen LogP contribution in [0, 0.1) is 5.82 Å². The number of nitrogens with zero attached hydrogens (tertiary/aromatic N) is 3. The standard InChI is InChI=1S/C17H13BrFN3O/c18-13-2-1-3-14-15(13)22-9-8-21(17(23)16(22)20-14)10-11-4-6-12(19)7-5-11/h1-7H,8-10H2. The van der Waals surface area contributed by atoms with Gasteiger partial charge in [-0.25, -0.2) is 9.37 Å². The molecule has 4 rings (SSSR count). The maximum absolute atomic E-state index is 13.0. The Bertz CT molecular complexity index is 904. The molecule has 2 heterocycles. The molecule has 3 aromatic rings. The third-order valence-electron chi connectivity index (χ3n) is 4.08. The number of para-hydroxylation sites is 1. The molecule has 6 heteroatoms. The third-order valence-corrected chi connectivity index (χ3v) is 4.72. The first-order valence-corrected chi connectivity index (χ1v) is 8.11. The highest BCUT2D eigenvalue weighted by Gasteiger charge is 2.28. The zero-order valence-corrected chi connectivity index (χ0v) is 13.8. The molecule has 0 fully saturated rings. The molecule has 4 nitrogen and oxygen atoms in total. The van der Waals surface area contributed by atoms with Gasteiger partial charge in [-0.3, -0.25) is 4.79 Å². The number of hydrogen-bond donors (Lipinski definition) is 0. The van der Waals surface area contributed by atoms with Gasteiger partial charge < -0.3 is 9.47 Å². The first-order valence-electron chi connectivity index (χ1n) is 7.32. The van der Waals surface area contributed by atoms with Crippen LogP contribution in [0.1, 0.15) is 16.2 Å². The number of halogens is 2. The van der Waals surface area contributed by atoms with Crippen LogP contribution in [0.2, 0.25) is 0 Å². The van der Waals surface area contributed by atoms with Gasteiger partial charge in [0, 0.05) is 24.1 Å². The number of imidazole rings is 1. The van der Waals surface area contributed by atoms with Crippen molar-refractivity contribution < 1.29 is 9.18 Å². The molecule has 0 bridgehead atoms. The van der Waals surface area contributed by atoms with Crippen molar-refractivity contribution in [1.29, 1.82) is 0 Å². The second-order valence-electron chi connectivity index (χ2n) is 5.55. The van der Waals surface area contributed by atoms with Gasteiger partial charge in [-0.1, -0.05) is 18.2 Å². The van der Waals surface area contributed by atoms with Crippen LogP contribution in [0.15, 0.2) is 46.9 Å². The van der Waals surface area contributed by atoms with Crippen LogP contribution in [0.3, 0.4) is 0 Å².